The maximum absolute atomic E-state index is 14.3. The molecule has 1 aromatic carbocycles. The van der Waals surface area contributed by atoms with Gasteiger partial charge in [0.2, 0.25) is 0 Å². The molecule has 0 atom stereocenters. The average Bonchev–Trinajstić information content (AvgIpc) is 3.05. The Morgan fingerprint density at radius 1 is 1.06 bits per heavy atom. The van der Waals surface area contributed by atoms with Crippen LogP contribution in [0.25, 0.3) is 0 Å². The zero-order valence-electron chi connectivity index (χ0n) is 20.1. The van der Waals surface area contributed by atoms with Crippen molar-refractivity contribution >= 4 is 17.7 Å². The molecule has 1 aromatic heterocycles. The second kappa shape index (κ2) is 12.3. The van der Waals surface area contributed by atoms with Crippen LogP contribution >= 0.6 is 0 Å². The standard InChI is InChI=1S/C25H33FN2O5/c1-6-28-18(5)22(17(4)23(28)25(31)33-8-3)21(29)16-27(14-11-15-32-7-2)24(30)19-12-9-10-13-20(19)26/h9-10,12-13H,6-8,11,14-16H2,1-5H3. The van der Waals surface area contributed by atoms with Gasteiger partial charge in [-0.2, -0.15) is 0 Å². The molecule has 0 spiro atoms. The fourth-order valence-corrected chi connectivity index (χ4v) is 3.98. The van der Waals surface area contributed by atoms with Crippen molar-refractivity contribution in [3.8, 4) is 0 Å². The van der Waals surface area contributed by atoms with Crippen LogP contribution in [0, 0.1) is 19.7 Å². The average molecular weight is 461 g/mol. The Kier molecular flexibility index (Phi) is 9.78. The van der Waals surface area contributed by atoms with Gasteiger partial charge in [-0.1, -0.05) is 12.1 Å². The number of hydrogen-bond donors (Lipinski definition) is 0. The second-order valence-electron chi connectivity index (χ2n) is 7.58. The molecule has 1 amide bonds. The molecule has 0 aliphatic rings. The SMILES string of the molecule is CCOCCCN(CC(=O)c1c(C)c(C(=O)OCC)n(CC)c1C)C(=O)c1ccccc1F. The summed E-state index contributed by atoms with van der Waals surface area (Å²) in [6.07, 6.45) is 0.503. The van der Waals surface area contributed by atoms with E-state index in [0.717, 1.165) is 0 Å². The summed E-state index contributed by atoms with van der Waals surface area (Å²) in [4.78, 5) is 40.3. The molecule has 0 saturated heterocycles. The predicted octanol–water partition coefficient (Wildman–Crippen LogP) is 4.19. The van der Waals surface area contributed by atoms with E-state index in [1.54, 1.807) is 31.4 Å². The minimum atomic E-state index is -0.640. The summed E-state index contributed by atoms with van der Waals surface area (Å²) in [7, 11) is 0. The molecule has 1 heterocycles. The maximum Gasteiger partial charge on any atom is 0.355 e. The summed E-state index contributed by atoms with van der Waals surface area (Å²) >= 11 is 0. The number of hydrogen-bond acceptors (Lipinski definition) is 5. The first-order valence-corrected chi connectivity index (χ1v) is 11.3. The van der Waals surface area contributed by atoms with Gasteiger partial charge in [0.25, 0.3) is 5.91 Å². The van der Waals surface area contributed by atoms with Crippen LogP contribution < -0.4 is 0 Å². The number of carbonyl (C=O) groups excluding carboxylic acids is 3. The lowest BCUT2D eigenvalue weighted by atomic mass is 10.0. The van der Waals surface area contributed by atoms with Crippen LogP contribution in [0.15, 0.2) is 24.3 Å². The highest BCUT2D eigenvalue weighted by Gasteiger charge is 2.29. The number of ketones is 1. The molecule has 8 heteroatoms. The van der Waals surface area contributed by atoms with Crippen molar-refractivity contribution in [2.75, 3.05) is 32.9 Å². The third-order valence-electron chi connectivity index (χ3n) is 5.48. The van der Waals surface area contributed by atoms with Gasteiger partial charge in [0.15, 0.2) is 5.78 Å². The van der Waals surface area contributed by atoms with Crippen molar-refractivity contribution in [3.05, 3.63) is 58.2 Å². The van der Waals surface area contributed by atoms with E-state index in [4.69, 9.17) is 9.47 Å². The molecule has 2 aromatic rings. The number of rotatable bonds is 12. The lowest BCUT2D eigenvalue weighted by Gasteiger charge is -2.22. The zero-order valence-corrected chi connectivity index (χ0v) is 20.1. The Morgan fingerprint density at radius 2 is 1.76 bits per heavy atom. The van der Waals surface area contributed by atoms with Crippen LogP contribution in [-0.2, 0) is 16.0 Å². The number of ether oxygens (including phenoxy) is 2. The fraction of sp³-hybridized carbons (Fsp3) is 0.480. The minimum absolute atomic E-state index is 0.0894. The number of aromatic nitrogens is 1. The Hall–Kier alpha value is -3.00. The number of Topliss-reactive ketones (excluding diaryl/α,β-unsaturated/α-hetero) is 1. The topological polar surface area (TPSA) is 77.8 Å². The summed E-state index contributed by atoms with van der Waals surface area (Å²) < 4.78 is 26.6. The van der Waals surface area contributed by atoms with Crippen LogP contribution in [0.4, 0.5) is 4.39 Å². The summed E-state index contributed by atoms with van der Waals surface area (Å²) in [5.74, 6) is -2.01. The van der Waals surface area contributed by atoms with Crippen molar-refractivity contribution < 1.29 is 28.2 Å². The lowest BCUT2D eigenvalue weighted by molar-refractivity contribution is 0.0512. The quantitative estimate of drug-likeness (QED) is 0.270. The molecule has 0 saturated carbocycles. The van der Waals surface area contributed by atoms with E-state index in [1.807, 2.05) is 13.8 Å². The largest absolute Gasteiger partial charge is 0.461 e. The van der Waals surface area contributed by atoms with E-state index in [2.05, 4.69) is 0 Å². The molecule has 0 aliphatic carbocycles. The second-order valence-corrected chi connectivity index (χ2v) is 7.58. The molecule has 0 radical (unpaired) electrons. The molecular formula is C25H33FN2O5. The summed E-state index contributed by atoms with van der Waals surface area (Å²) in [6, 6.07) is 5.71. The molecule has 0 N–H and O–H groups in total. The van der Waals surface area contributed by atoms with Crippen LogP contribution in [0.2, 0.25) is 0 Å². The van der Waals surface area contributed by atoms with E-state index in [9.17, 15) is 18.8 Å². The van der Waals surface area contributed by atoms with Crippen LogP contribution in [0.3, 0.4) is 0 Å². The number of esters is 1. The third-order valence-corrected chi connectivity index (χ3v) is 5.48. The monoisotopic (exact) mass is 460 g/mol. The molecule has 2 rings (SSSR count). The smallest absolute Gasteiger partial charge is 0.355 e. The summed E-state index contributed by atoms with van der Waals surface area (Å²) in [6.45, 7) is 10.6. The Balaban J connectivity index is 2.38. The first kappa shape index (κ1) is 26.3. The zero-order chi connectivity index (χ0) is 24.5. The molecule has 0 aliphatic heterocycles. The van der Waals surface area contributed by atoms with Crippen LogP contribution in [0.1, 0.15) is 69.7 Å². The Bertz CT molecular complexity index is 999. The van der Waals surface area contributed by atoms with Gasteiger partial charge >= 0.3 is 5.97 Å². The van der Waals surface area contributed by atoms with Gasteiger partial charge in [-0.15, -0.1) is 0 Å². The number of benzene rings is 1. The van der Waals surface area contributed by atoms with Crippen molar-refractivity contribution in [2.45, 2.75) is 47.6 Å². The number of nitrogens with zero attached hydrogens (tertiary/aromatic N) is 2. The first-order chi connectivity index (χ1) is 15.8. The Morgan fingerprint density at radius 3 is 2.36 bits per heavy atom. The Labute approximate surface area is 194 Å². The lowest BCUT2D eigenvalue weighted by Crippen LogP contribution is -2.37. The van der Waals surface area contributed by atoms with Crippen molar-refractivity contribution in [2.24, 2.45) is 0 Å². The number of carbonyl (C=O) groups is 3. The molecule has 7 nitrogen and oxygen atoms in total. The molecule has 180 valence electrons. The maximum atomic E-state index is 14.3. The van der Waals surface area contributed by atoms with Gasteiger partial charge in [0, 0.05) is 37.6 Å². The molecule has 0 bridgehead atoms. The number of halogens is 1. The van der Waals surface area contributed by atoms with Gasteiger partial charge in [-0.3, -0.25) is 9.59 Å². The van der Waals surface area contributed by atoms with Crippen LogP contribution in [-0.4, -0.2) is 60.0 Å². The summed E-state index contributed by atoms with van der Waals surface area (Å²) in [5, 5.41) is 0. The van der Waals surface area contributed by atoms with E-state index in [0.29, 0.717) is 48.7 Å². The highest BCUT2D eigenvalue weighted by molar-refractivity contribution is 6.06. The van der Waals surface area contributed by atoms with E-state index < -0.39 is 17.7 Å². The predicted molar refractivity (Wildman–Crippen MR) is 123 cm³/mol. The molecule has 0 unspecified atom stereocenters. The molecular weight excluding hydrogens is 427 g/mol. The van der Waals surface area contributed by atoms with Crippen molar-refractivity contribution in [3.63, 3.8) is 0 Å². The minimum Gasteiger partial charge on any atom is -0.461 e. The normalized spacial score (nSPS) is 10.8. The van der Waals surface area contributed by atoms with E-state index >= 15 is 0 Å². The third kappa shape index (κ3) is 6.07. The highest BCUT2D eigenvalue weighted by Crippen LogP contribution is 2.24. The van der Waals surface area contributed by atoms with Crippen molar-refractivity contribution in [1.82, 2.24) is 9.47 Å². The first-order valence-electron chi connectivity index (χ1n) is 11.3. The van der Waals surface area contributed by atoms with Gasteiger partial charge in [0.05, 0.1) is 18.7 Å². The van der Waals surface area contributed by atoms with E-state index in [-0.39, 0.29) is 31.0 Å². The number of amides is 1. The molecule has 0 fully saturated rings. The van der Waals surface area contributed by atoms with E-state index in [1.165, 1.54) is 23.1 Å². The summed E-state index contributed by atoms with van der Waals surface area (Å²) in [5.41, 5.74) is 1.79. The van der Waals surface area contributed by atoms with Crippen molar-refractivity contribution in [1.29, 1.82) is 0 Å². The van der Waals surface area contributed by atoms with Gasteiger partial charge < -0.3 is 18.9 Å². The fourth-order valence-electron chi connectivity index (χ4n) is 3.98. The molecule has 33 heavy (non-hydrogen) atoms. The van der Waals surface area contributed by atoms with Crippen LogP contribution in [0.5, 0.6) is 0 Å². The van der Waals surface area contributed by atoms with Gasteiger partial charge in [-0.25, -0.2) is 9.18 Å². The van der Waals surface area contributed by atoms with Gasteiger partial charge in [0.1, 0.15) is 11.5 Å². The highest BCUT2D eigenvalue weighted by atomic mass is 19.1. The van der Waals surface area contributed by atoms with Gasteiger partial charge in [-0.05, 0) is 58.7 Å².